The Kier molecular flexibility index (Phi) is 5.14. The van der Waals surface area contributed by atoms with Gasteiger partial charge in [-0.25, -0.2) is 4.79 Å². The molecule has 1 saturated carbocycles. The van der Waals surface area contributed by atoms with Crippen molar-refractivity contribution in [1.82, 2.24) is 5.32 Å². The van der Waals surface area contributed by atoms with Crippen molar-refractivity contribution < 1.29 is 14.3 Å². The van der Waals surface area contributed by atoms with Gasteiger partial charge in [-0.2, -0.15) is 0 Å². The number of benzene rings is 1. The van der Waals surface area contributed by atoms with Crippen molar-refractivity contribution in [1.29, 1.82) is 0 Å². The standard InChI is InChI=1S/C17H21NO3/c1-12-4-3-5-14(10-12)6-9-17(20)21-11-16(19)18-13(2)15-7-8-15/h3-6,9-10,13,15H,7-8,11H2,1-2H3,(H,18,19)/b9-6+/t13-/m0/s1. The average Bonchev–Trinajstić information content (AvgIpc) is 3.27. The van der Waals surface area contributed by atoms with Crippen molar-refractivity contribution in [3.8, 4) is 0 Å². The van der Waals surface area contributed by atoms with E-state index in [9.17, 15) is 9.59 Å². The van der Waals surface area contributed by atoms with Crippen LogP contribution in [-0.4, -0.2) is 24.5 Å². The fourth-order valence-electron chi connectivity index (χ4n) is 2.13. The van der Waals surface area contributed by atoms with Crippen LogP contribution >= 0.6 is 0 Å². The van der Waals surface area contributed by atoms with E-state index in [2.05, 4.69) is 5.32 Å². The minimum absolute atomic E-state index is 0.166. The molecule has 1 amide bonds. The first-order chi connectivity index (χ1) is 10.0. The molecule has 0 radical (unpaired) electrons. The third kappa shape index (κ3) is 5.42. The van der Waals surface area contributed by atoms with E-state index in [0.29, 0.717) is 5.92 Å². The van der Waals surface area contributed by atoms with Crippen LogP contribution in [0.2, 0.25) is 0 Å². The lowest BCUT2D eigenvalue weighted by atomic mass is 10.1. The number of nitrogens with one attached hydrogen (secondary N) is 1. The molecule has 0 heterocycles. The Bertz CT molecular complexity index is 547. The number of esters is 1. The quantitative estimate of drug-likeness (QED) is 0.646. The first-order valence-corrected chi connectivity index (χ1v) is 7.25. The van der Waals surface area contributed by atoms with E-state index in [-0.39, 0.29) is 18.6 Å². The van der Waals surface area contributed by atoms with Crippen LogP contribution in [0.5, 0.6) is 0 Å². The minimum Gasteiger partial charge on any atom is -0.452 e. The maximum atomic E-state index is 11.6. The van der Waals surface area contributed by atoms with Gasteiger partial charge in [-0.15, -0.1) is 0 Å². The fraction of sp³-hybridized carbons (Fsp3) is 0.412. The van der Waals surface area contributed by atoms with Crippen molar-refractivity contribution in [2.24, 2.45) is 5.92 Å². The molecule has 1 aliphatic rings. The average molecular weight is 287 g/mol. The summed E-state index contributed by atoms with van der Waals surface area (Å²) in [4.78, 5) is 23.1. The molecule has 0 spiro atoms. The van der Waals surface area contributed by atoms with E-state index in [1.807, 2.05) is 38.1 Å². The molecule has 0 aliphatic heterocycles. The predicted octanol–water partition coefficient (Wildman–Crippen LogP) is 2.47. The van der Waals surface area contributed by atoms with E-state index in [0.717, 1.165) is 11.1 Å². The lowest BCUT2D eigenvalue weighted by molar-refractivity contribution is -0.144. The first kappa shape index (κ1) is 15.3. The molecule has 4 heteroatoms. The highest BCUT2D eigenvalue weighted by Crippen LogP contribution is 2.32. The van der Waals surface area contributed by atoms with Crippen LogP contribution in [0.1, 0.15) is 30.9 Å². The molecule has 0 bridgehead atoms. The molecular weight excluding hydrogens is 266 g/mol. The Balaban J connectivity index is 1.72. The number of ether oxygens (including phenoxy) is 1. The summed E-state index contributed by atoms with van der Waals surface area (Å²) >= 11 is 0. The second-order valence-electron chi connectivity index (χ2n) is 5.55. The van der Waals surface area contributed by atoms with Crippen molar-refractivity contribution in [3.05, 3.63) is 41.5 Å². The molecule has 1 aromatic rings. The number of rotatable bonds is 6. The van der Waals surface area contributed by atoms with Crippen LogP contribution < -0.4 is 5.32 Å². The van der Waals surface area contributed by atoms with E-state index in [1.165, 1.54) is 18.9 Å². The maximum Gasteiger partial charge on any atom is 0.331 e. The first-order valence-electron chi connectivity index (χ1n) is 7.25. The largest absolute Gasteiger partial charge is 0.452 e. The zero-order chi connectivity index (χ0) is 15.2. The molecule has 112 valence electrons. The van der Waals surface area contributed by atoms with E-state index in [1.54, 1.807) is 6.08 Å². The van der Waals surface area contributed by atoms with E-state index in [4.69, 9.17) is 4.74 Å². The molecule has 1 fully saturated rings. The molecule has 1 atom stereocenters. The lowest BCUT2D eigenvalue weighted by Gasteiger charge is -2.12. The number of carbonyl (C=O) groups excluding carboxylic acids is 2. The summed E-state index contributed by atoms with van der Waals surface area (Å²) in [5, 5.41) is 2.84. The molecule has 1 aliphatic carbocycles. The zero-order valence-electron chi connectivity index (χ0n) is 12.5. The van der Waals surface area contributed by atoms with Crippen LogP contribution in [0.4, 0.5) is 0 Å². The molecule has 4 nitrogen and oxygen atoms in total. The van der Waals surface area contributed by atoms with Crippen molar-refractivity contribution in [2.75, 3.05) is 6.61 Å². The smallest absolute Gasteiger partial charge is 0.331 e. The summed E-state index contributed by atoms with van der Waals surface area (Å²) < 4.78 is 4.92. The Morgan fingerprint density at radius 1 is 1.43 bits per heavy atom. The number of hydrogen-bond acceptors (Lipinski definition) is 3. The normalized spacial score (nSPS) is 15.7. The van der Waals surface area contributed by atoms with Crippen LogP contribution in [0.15, 0.2) is 30.3 Å². The van der Waals surface area contributed by atoms with E-state index >= 15 is 0 Å². The Labute approximate surface area is 125 Å². The van der Waals surface area contributed by atoms with Gasteiger partial charge in [0.05, 0.1) is 0 Å². The summed E-state index contributed by atoms with van der Waals surface area (Å²) in [7, 11) is 0. The minimum atomic E-state index is -0.509. The van der Waals surface area contributed by atoms with Crippen molar-refractivity contribution >= 4 is 18.0 Å². The van der Waals surface area contributed by atoms with Crippen molar-refractivity contribution in [3.63, 3.8) is 0 Å². The molecule has 1 N–H and O–H groups in total. The Morgan fingerprint density at radius 2 is 2.19 bits per heavy atom. The van der Waals surface area contributed by atoms with Gasteiger partial charge in [0.1, 0.15) is 0 Å². The SMILES string of the molecule is Cc1cccc(/C=C/C(=O)OCC(=O)N[C@@H](C)C2CC2)c1. The van der Waals surface area contributed by atoms with Gasteiger partial charge < -0.3 is 10.1 Å². The number of carbonyl (C=O) groups is 2. The summed E-state index contributed by atoms with van der Waals surface area (Å²) in [6.45, 7) is 3.74. The Hall–Kier alpha value is -2.10. The number of aryl methyl sites for hydroxylation is 1. The fourth-order valence-corrected chi connectivity index (χ4v) is 2.13. The molecule has 0 unspecified atom stereocenters. The predicted molar refractivity (Wildman–Crippen MR) is 81.5 cm³/mol. The second-order valence-corrected chi connectivity index (χ2v) is 5.55. The molecule has 21 heavy (non-hydrogen) atoms. The molecule has 2 rings (SSSR count). The zero-order valence-corrected chi connectivity index (χ0v) is 12.5. The number of amides is 1. The van der Waals surface area contributed by atoms with Crippen molar-refractivity contribution in [2.45, 2.75) is 32.7 Å². The molecule has 0 saturated heterocycles. The van der Waals surface area contributed by atoms with Crippen LogP contribution in [0.3, 0.4) is 0 Å². The second kappa shape index (κ2) is 7.07. The van der Waals surface area contributed by atoms with Crippen LogP contribution in [-0.2, 0) is 14.3 Å². The van der Waals surface area contributed by atoms with Gasteiger partial charge in [0, 0.05) is 12.1 Å². The van der Waals surface area contributed by atoms with E-state index < -0.39 is 5.97 Å². The van der Waals surface area contributed by atoms with Gasteiger partial charge in [-0.3, -0.25) is 4.79 Å². The molecule has 1 aromatic carbocycles. The third-order valence-electron chi connectivity index (χ3n) is 3.52. The maximum absolute atomic E-state index is 11.6. The van der Waals surface area contributed by atoms with Gasteiger partial charge in [0.15, 0.2) is 6.61 Å². The Morgan fingerprint density at radius 3 is 2.86 bits per heavy atom. The summed E-state index contributed by atoms with van der Waals surface area (Å²) in [6, 6.07) is 7.95. The summed E-state index contributed by atoms with van der Waals surface area (Å²) in [5.41, 5.74) is 2.05. The summed E-state index contributed by atoms with van der Waals surface area (Å²) in [5.74, 6) is -0.164. The molecular formula is C17H21NO3. The van der Waals surface area contributed by atoms with Gasteiger partial charge in [-0.1, -0.05) is 29.8 Å². The van der Waals surface area contributed by atoms with Crippen LogP contribution in [0, 0.1) is 12.8 Å². The highest BCUT2D eigenvalue weighted by atomic mass is 16.5. The molecule has 0 aromatic heterocycles. The van der Waals surface area contributed by atoms with Gasteiger partial charge >= 0.3 is 5.97 Å². The van der Waals surface area contributed by atoms with Gasteiger partial charge in [0.25, 0.3) is 5.91 Å². The number of hydrogen-bond donors (Lipinski definition) is 1. The highest BCUT2D eigenvalue weighted by Gasteiger charge is 2.28. The monoisotopic (exact) mass is 287 g/mol. The highest BCUT2D eigenvalue weighted by molar-refractivity contribution is 5.89. The van der Waals surface area contributed by atoms with Gasteiger partial charge in [0.2, 0.25) is 0 Å². The third-order valence-corrected chi connectivity index (χ3v) is 3.52. The van der Waals surface area contributed by atoms with Gasteiger partial charge in [-0.05, 0) is 44.2 Å². The summed E-state index contributed by atoms with van der Waals surface area (Å²) in [6.07, 6.45) is 5.35. The van der Waals surface area contributed by atoms with Crippen LogP contribution in [0.25, 0.3) is 6.08 Å². The lowest BCUT2D eigenvalue weighted by Crippen LogP contribution is -2.36. The topological polar surface area (TPSA) is 55.4 Å².